The first kappa shape index (κ1) is 7.28. The lowest BCUT2D eigenvalue weighted by Crippen LogP contribution is -2.30. The van der Waals surface area contributed by atoms with Gasteiger partial charge in [0.2, 0.25) is 0 Å². The second kappa shape index (κ2) is 2.84. The van der Waals surface area contributed by atoms with Crippen molar-refractivity contribution >= 4 is 5.97 Å². The van der Waals surface area contributed by atoms with Gasteiger partial charge in [-0.15, -0.1) is 0 Å². The van der Waals surface area contributed by atoms with Crippen molar-refractivity contribution in [3.63, 3.8) is 0 Å². The topological polar surface area (TPSA) is 49.3 Å². The third kappa shape index (κ3) is 1.57. The molecule has 1 aliphatic heterocycles. The normalized spacial score (nSPS) is 25.7. The zero-order valence-corrected chi connectivity index (χ0v) is 5.92. The highest BCUT2D eigenvalue weighted by Gasteiger charge is 2.13. The SMILES string of the molecule is C[C@H]1C=C(C(=O)O)CNC1. The lowest BCUT2D eigenvalue weighted by atomic mass is 10.0. The summed E-state index contributed by atoms with van der Waals surface area (Å²) in [5.41, 5.74) is 0.485. The standard InChI is InChI=1S/C7H11NO2/c1-5-2-6(7(9)10)4-8-3-5/h2,5,8H,3-4H2,1H3,(H,9,10)/t5-/m0/s1. The number of aliphatic carboxylic acids is 1. The van der Waals surface area contributed by atoms with Crippen molar-refractivity contribution in [1.29, 1.82) is 0 Å². The molecule has 56 valence electrons. The first-order chi connectivity index (χ1) is 4.70. The van der Waals surface area contributed by atoms with E-state index in [9.17, 15) is 4.79 Å². The van der Waals surface area contributed by atoms with Crippen LogP contribution in [0.2, 0.25) is 0 Å². The minimum absolute atomic E-state index is 0.347. The Balaban J connectivity index is 2.66. The van der Waals surface area contributed by atoms with Crippen molar-refractivity contribution in [2.45, 2.75) is 6.92 Å². The first-order valence-electron chi connectivity index (χ1n) is 3.35. The molecule has 0 fully saturated rings. The van der Waals surface area contributed by atoms with Crippen LogP contribution in [0.4, 0.5) is 0 Å². The predicted molar refractivity (Wildman–Crippen MR) is 37.8 cm³/mol. The van der Waals surface area contributed by atoms with Gasteiger partial charge in [0.25, 0.3) is 0 Å². The third-order valence-electron chi connectivity index (χ3n) is 1.54. The van der Waals surface area contributed by atoms with Gasteiger partial charge in [-0.05, 0) is 5.92 Å². The summed E-state index contributed by atoms with van der Waals surface area (Å²) in [6, 6.07) is 0. The molecule has 0 radical (unpaired) electrons. The number of carbonyl (C=O) groups is 1. The van der Waals surface area contributed by atoms with Gasteiger partial charge in [0.15, 0.2) is 0 Å². The largest absolute Gasteiger partial charge is 0.478 e. The zero-order valence-electron chi connectivity index (χ0n) is 5.92. The maximum absolute atomic E-state index is 10.4. The Labute approximate surface area is 59.7 Å². The molecule has 1 heterocycles. The van der Waals surface area contributed by atoms with Crippen molar-refractivity contribution in [2.24, 2.45) is 5.92 Å². The Hall–Kier alpha value is -0.830. The second-order valence-corrected chi connectivity index (χ2v) is 2.61. The van der Waals surface area contributed by atoms with Crippen LogP contribution < -0.4 is 5.32 Å². The zero-order chi connectivity index (χ0) is 7.56. The summed E-state index contributed by atoms with van der Waals surface area (Å²) in [6.07, 6.45) is 1.80. The molecular weight excluding hydrogens is 130 g/mol. The Morgan fingerprint density at radius 3 is 3.00 bits per heavy atom. The fraction of sp³-hybridized carbons (Fsp3) is 0.571. The van der Waals surface area contributed by atoms with Gasteiger partial charge in [-0.25, -0.2) is 4.79 Å². The van der Waals surface area contributed by atoms with Gasteiger partial charge in [-0.3, -0.25) is 0 Å². The molecule has 1 atom stereocenters. The quantitative estimate of drug-likeness (QED) is 0.549. The second-order valence-electron chi connectivity index (χ2n) is 2.61. The lowest BCUT2D eigenvalue weighted by molar-refractivity contribution is -0.132. The molecule has 0 amide bonds. The number of carboxylic acid groups (broad SMARTS) is 1. The van der Waals surface area contributed by atoms with Crippen LogP contribution in [-0.2, 0) is 4.79 Å². The van der Waals surface area contributed by atoms with E-state index in [0.29, 0.717) is 18.0 Å². The average molecular weight is 141 g/mol. The van der Waals surface area contributed by atoms with Crippen LogP contribution >= 0.6 is 0 Å². The monoisotopic (exact) mass is 141 g/mol. The van der Waals surface area contributed by atoms with Gasteiger partial charge in [-0.2, -0.15) is 0 Å². The molecule has 0 unspecified atom stereocenters. The summed E-state index contributed by atoms with van der Waals surface area (Å²) in [5.74, 6) is -0.459. The summed E-state index contributed by atoms with van der Waals surface area (Å²) >= 11 is 0. The molecule has 0 saturated carbocycles. The van der Waals surface area contributed by atoms with Gasteiger partial charge < -0.3 is 10.4 Å². The molecule has 0 saturated heterocycles. The molecule has 3 heteroatoms. The van der Waals surface area contributed by atoms with Crippen LogP contribution in [0.5, 0.6) is 0 Å². The maximum atomic E-state index is 10.4. The number of hydrogen-bond acceptors (Lipinski definition) is 2. The van der Waals surface area contributed by atoms with Gasteiger partial charge in [0, 0.05) is 18.7 Å². The third-order valence-corrected chi connectivity index (χ3v) is 1.54. The molecule has 0 spiro atoms. The van der Waals surface area contributed by atoms with Crippen LogP contribution in [0.25, 0.3) is 0 Å². The van der Waals surface area contributed by atoms with Gasteiger partial charge in [-0.1, -0.05) is 13.0 Å². The van der Waals surface area contributed by atoms with Crippen molar-refractivity contribution in [3.8, 4) is 0 Å². The van der Waals surface area contributed by atoms with Crippen LogP contribution in [0.1, 0.15) is 6.92 Å². The Morgan fingerprint density at radius 1 is 1.90 bits per heavy atom. The van der Waals surface area contributed by atoms with Crippen LogP contribution in [0.3, 0.4) is 0 Å². The molecule has 10 heavy (non-hydrogen) atoms. The van der Waals surface area contributed by atoms with Crippen molar-refractivity contribution in [2.75, 3.05) is 13.1 Å². The summed E-state index contributed by atoms with van der Waals surface area (Å²) in [6.45, 7) is 3.38. The smallest absolute Gasteiger partial charge is 0.332 e. The molecule has 3 nitrogen and oxygen atoms in total. The van der Waals surface area contributed by atoms with Gasteiger partial charge in [0.1, 0.15) is 0 Å². The fourth-order valence-corrected chi connectivity index (χ4v) is 1.04. The number of hydrogen-bond donors (Lipinski definition) is 2. The summed E-state index contributed by atoms with van der Waals surface area (Å²) in [5, 5.41) is 11.6. The highest BCUT2D eigenvalue weighted by Crippen LogP contribution is 2.06. The van der Waals surface area contributed by atoms with E-state index in [1.165, 1.54) is 0 Å². The average Bonchev–Trinajstić information content (AvgIpc) is 1.88. The summed E-state index contributed by atoms with van der Waals surface area (Å²) in [4.78, 5) is 10.4. The van der Waals surface area contributed by atoms with Crippen LogP contribution in [-0.4, -0.2) is 24.2 Å². The van der Waals surface area contributed by atoms with Gasteiger partial charge >= 0.3 is 5.97 Å². The highest BCUT2D eigenvalue weighted by molar-refractivity contribution is 5.87. The van der Waals surface area contributed by atoms with Crippen molar-refractivity contribution < 1.29 is 9.90 Å². The Bertz CT molecular complexity index is 174. The first-order valence-corrected chi connectivity index (χ1v) is 3.35. The van der Waals surface area contributed by atoms with Crippen LogP contribution in [0, 0.1) is 5.92 Å². The Kier molecular flexibility index (Phi) is 2.06. The van der Waals surface area contributed by atoms with E-state index in [0.717, 1.165) is 6.54 Å². The van der Waals surface area contributed by atoms with E-state index in [-0.39, 0.29) is 0 Å². The van der Waals surface area contributed by atoms with E-state index in [4.69, 9.17) is 5.11 Å². The molecular formula is C7H11NO2. The molecule has 0 aromatic heterocycles. The fourth-order valence-electron chi connectivity index (χ4n) is 1.04. The predicted octanol–water partition coefficient (Wildman–Crippen LogP) is 0.237. The molecule has 1 rings (SSSR count). The van der Waals surface area contributed by atoms with E-state index in [1.54, 1.807) is 6.08 Å². The van der Waals surface area contributed by atoms with Gasteiger partial charge in [0.05, 0.1) is 0 Å². The van der Waals surface area contributed by atoms with E-state index in [1.807, 2.05) is 6.92 Å². The molecule has 1 aliphatic rings. The highest BCUT2D eigenvalue weighted by atomic mass is 16.4. The van der Waals surface area contributed by atoms with E-state index in [2.05, 4.69) is 5.32 Å². The minimum atomic E-state index is -0.806. The summed E-state index contributed by atoms with van der Waals surface area (Å²) in [7, 11) is 0. The van der Waals surface area contributed by atoms with E-state index < -0.39 is 5.97 Å². The lowest BCUT2D eigenvalue weighted by Gasteiger charge is -2.15. The van der Waals surface area contributed by atoms with Crippen LogP contribution in [0.15, 0.2) is 11.6 Å². The van der Waals surface area contributed by atoms with E-state index >= 15 is 0 Å². The number of nitrogens with one attached hydrogen (secondary N) is 1. The van der Waals surface area contributed by atoms with Crippen molar-refractivity contribution in [1.82, 2.24) is 5.32 Å². The number of carboxylic acids is 1. The molecule has 0 aliphatic carbocycles. The minimum Gasteiger partial charge on any atom is -0.478 e. The molecule has 0 bridgehead atoms. The maximum Gasteiger partial charge on any atom is 0.332 e. The molecule has 0 aromatic rings. The van der Waals surface area contributed by atoms with Crippen molar-refractivity contribution in [3.05, 3.63) is 11.6 Å². The Morgan fingerprint density at radius 2 is 2.60 bits per heavy atom. The number of rotatable bonds is 1. The molecule has 0 aromatic carbocycles. The summed E-state index contributed by atoms with van der Waals surface area (Å²) < 4.78 is 0. The molecule has 2 N–H and O–H groups in total.